The van der Waals surface area contributed by atoms with Crippen LogP contribution in [0.1, 0.15) is 64.7 Å². The maximum atomic E-state index is 10.1. The average molecular weight is 318 g/mol. The van der Waals surface area contributed by atoms with Crippen molar-refractivity contribution in [3.8, 4) is 0 Å². The van der Waals surface area contributed by atoms with Gasteiger partial charge in [0.1, 0.15) is 0 Å². The first-order chi connectivity index (χ1) is 9.06. The van der Waals surface area contributed by atoms with Crippen LogP contribution in [0.3, 0.4) is 0 Å². The molecule has 0 rings (SSSR count). The van der Waals surface area contributed by atoms with Crippen molar-refractivity contribution in [2.45, 2.75) is 64.7 Å². The summed E-state index contributed by atoms with van der Waals surface area (Å²) in [4.78, 5) is 0. The number of hydrogen-bond donors (Lipinski definition) is 0. The summed E-state index contributed by atoms with van der Waals surface area (Å²) in [6.07, 6.45) is 11.2. The third-order valence-electron chi connectivity index (χ3n) is 2.85. The Kier molecular flexibility index (Phi) is 18.7. The van der Waals surface area contributed by atoms with Crippen molar-refractivity contribution in [2.24, 2.45) is 0 Å². The van der Waals surface area contributed by atoms with Gasteiger partial charge in [-0.2, -0.15) is 0 Å². The van der Waals surface area contributed by atoms with Gasteiger partial charge in [0.15, 0.2) is 0 Å². The van der Waals surface area contributed by atoms with E-state index in [0.717, 1.165) is 12.8 Å². The largest absolute Gasteiger partial charge is 1.00 e. The van der Waals surface area contributed by atoms with Crippen molar-refractivity contribution in [3.05, 3.63) is 0 Å². The Morgan fingerprint density at radius 2 is 1.30 bits per heavy atom. The summed E-state index contributed by atoms with van der Waals surface area (Å²) in [7, 11) is -4.57. The maximum absolute atomic E-state index is 10.1. The number of ether oxygens (including phenoxy) is 1. The van der Waals surface area contributed by atoms with Crippen molar-refractivity contribution in [1.82, 2.24) is 0 Å². The van der Waals surface area contributed by atoms with Gasteiger partial charge in [-0.1, -0.05) is 58.3 Å². The first-order valence-corrected chi connectivity index (χ1v) is 8.57. The van der Waals surface area contributed by atoms with E-state index in [1.807, 2.05) is 0 Å². The van der Waals surface area contributed by atoms with E-state index in [1.54, 1.807) is 0 Å². The standard InChI is InChI=1S/C13H28O5S.Na/c1-2-3-4-5-6-7-8-9-10-11-17-12-13-18-19(14,15)16;/h2-13H2,1H3,(H,14,15,16);/q;+1/p-1. The maximum Gasteiger partial charge on any atom is 1.00 e. The molecule has 0 saturated heterocycles. The van der Waals surface area contributed by atoms with Crippen molar-refractivity contribution in [1.29, 1.82) is 0 Å². The summed E-state index contributed by atoms with van der Waals surface area (Å²) in [6.45, 7) is 2.78. The zero-order valence-corrected chi connectivity index (χ0v) is 15.8. The molecule has 0 aliphatic rings. The molecular formula is C13H27NaO5S. The van der Waals surface area contributed by atoms with Gasteiger partial charge in [-0.3, -0.25) is 4.18 Å². The van der Waals surface area contributed by atoms with E-state index >= 15 is 0 Å². The first kappa shape index (κ1) is 23.1. The molecule has 0 aromatic heterocycles. The van der Waals surface area contributed by atoms with Crippen LogP contribution >= 0.6 is 0 Å². The summed E-state index contributed by atoms with van der Waals surface area (Å²) in [6, 6.07) is 0. The van der Waals surface area contributed by atoms with Gasteiger partial charge in [-0.05, 0) is 6.42 Å². The van der Waals surface area contributed by atoms with E-state index in [2.05, 4.69) is 11.1 Å². The van der Waals surface area contributed by atoms with E-state index in [9.17, 15) is 13.0 Å². The van der Waals surface area contributed by atoms with Crippen LogP contribution in [0.4, 0.5) is 0 Å². The van der Waals surface area contributed by atoms with Gasteiger partial charge < -0.3 is 9.29 Å². The zero-order chi connectivity index (χ0) is 14.4. The fourth-order valence-corrected chi connectivity index (χ4v) is 2.08. The molecule has 0 aliphatic carbocycles. The molecule has 0 fully saturated rings. The molecule has 0 aromatic rings. The minimum absolute atomic E-state index is 0. The van der Waals surface area contributed by atoms with Gasteiger partial charge in [0, 0.05) is 6.61 Å². The quantitative estimate of drug-likeness (QED) is 0.195. The van der Waals surface area contributed by atoms with Crippen LogP contribution in [0.2, 0.25) is 0 Å². The van der Waals surface area contributed by atoms with Crippen LogP contribution in [0, 0.1) is 0 Å². The normalized spacial score (nSPS) is 11.3. The van der Waals surface area contributed by atoms with Crippen molar-refractivity contribution in [3.63, 3.8) is 0 Å². The van der Waals surface area contributed by atoms with Crippen LogP contribution in [-0.4, -0.2) is 32.8 Å². The van der Waals surface area contributed by atoms with Crippen LogP contribution < -0.4 is 29.6 Å². The van der Waals surface area contributed by atoms with Crippen LogP contribution in [0.25, 0.3) is 0 Å². The molecule has 0 aromatic carbocycles. The van der Waals surface area contributed by atoms with E-state index in [4.69, 9.17) is 4.74 Å². The Morgan fingerprint density at radius 1 is 0.800 bits per heavy atom. The Labute approximate surface area is 146 Å². The molecule has 116 valence electrons. The fraction of sp³-hybridized carbons (Fsp3) is 1.00. The average Bonchev–Trinajstić information content (AvgIpc) is 2.34. The van der Waals surface area contributed by atoms with Crippen molar-refractivity contribution < 1.29 is 51.4 Å². The number of hydrogen-bond acceptors (Lipinski definition) is 5. The minimum Gasteiger partial charge on any atom is -0.726 e. The topological polar surface area (TPSA) is 75.7 Å². The Morgan fingerprint density at radius 3 is 1.80 bits per heavy atom. The summed E-state index contributed by atoms with van der Waals surface area (Å²) in [5, 5.41) is 0. The van der Waals surface area contributed by atoms with Crippen LogP contribution in [0.15, 0.2) is 0 Å². The van der Waals surface area contributed by atoms with Crippen molar-refractivity contribution >= 4 is 10.4 Å². The molecule has 0 amide bonds. The molecule has 0 bridgehead atoms. The Balaban J connectivity index is 0. The molecule has 0 aliphatic heterocycles. The first-order valence-electron chi connectivity index (χ1n) is 7.24. The second kappa shape index (κ2) is 16.2. The smallest absolute Gasteiger partial charge is 0.726 e. The summed E-state index contributed by atoms with van der Waals surface area (Å²) >= 11 is 0. The van der Waals surface area contributed by atoms with E-state index in [0.29, 0.717) is 6.61 Å². The van der Waals surface area contributed by atoms with Gasteiger partial charge in [0.05, 0.1) is 13.2 Å². The molecular weight excluding hydrogens is 291 g/mol. The molecule has 0 N–H and O–H groups in total. The van der Waals surface area contributed by atoms with Gasteiger partial charge in [-0.25, -0.2) is 8.42 Å². The van der Waals surface area contributed by atoms with Gasteiger partial charge >= 0.3 is 29.6 Å². The third kappa shape index (κ3) is 21.1. The van der Waals surface area contributed by atoms with Crippen LogP contribution in [0.5, 0.6) is 0 Å². The molecule has 0 saturated carbocycles. The molecule has 7 heteroatoms. The van der Waals surface area contributed by atoms with Gasteiger partial charge in [0.2, 0.25) is 10.4 Å². The molecule has 5 nitrogen and oxygen atoms in total. The predicted molar refractivity (Wildman–Crippen MR) is 73.7 cm³/mol. The van der Waals surface area contributed by atoms with Gasteiger partial charge in [-0.15, -0.1) is 0 Å². The molecule has 0 heterocycles. The van der Waals surface area contributed by atoms with Crippen LogP contribution in [-0.2, 0) is 19.3 Å². The molecule has 0 unspecified atom stereocenters. The SMILES string of the molecule is CCCCCCCCCCCOCCOS(=O)(=O)[O-].[Na+]. The number of unbranched alkanes of at least 4 members (excludes halogenated alkanes) is 8. The third-order valence-corrected chi connectivity index (χ3v) is 3.30. The second-order valence-electron chi connectivity index (χ2n) is 4.67. The molecule has 20 heavy (non-hydrogen) atoms. The molecule has 0 radical (unpaired) electrons. The predicted octanol–water partition coefficient (Wildman–Crippen LogP) is 0.0146. The minimum atomic E-state index is -4.57. The Hall–Kier alpha value is 0.830. The van der Waals surface area contributed by atoms with E-state index in [-0.39, 0.29) is 42.8 Å². The van der Waals surface area contributed by atoms with Gasteiger partial charge in [0.25, 0.3) is 0 Å². The second-order valence-corrected chi connectivity index (χ2v) is 5.72. The number of rotatable bonds is 14. The summed E-state index contributed by atoms with van der Waals surface area (Å²) in [5.74, 6) is 0. The van der Waals surface area contributed by atoms with E-state index in [1.165, 1.54) is 44.9 Å². The molecule has 0 atom stereocenters. The summed E-state index contributed by atoms with van der Waals surface area (Å²) < 4.78 is 39.5. The fourth-order valence-electron chi connectivity index (χ4n) is 1.81. The van der Waals surface area contributed by atoms with Crippen molar-refractivity contribution in [2.75, 3.05) is 19.8 Å². The zero-order valence-electron chi connectivity index (χ0n) is 12.9. The summed E-state index contributed by atoms with van der Waals surface area (Å²) in [5.41, 5.74) is 0. The monoisotopic (exact) mass is 318 g/mol. The Bertz CT molecular complexity index is 282. The van der Waals surface area contributed by atoms with E-state index < -0.39 is 10.4 Å². The molecule has 0 spiro atoms.